The monoisotopic (exact) mass is 256 g/mol. The van der Waals surface area contributed by atoms with E-state index in [1.54, 1.807) is 18.7 Å². The van der Waals surface area contributed by atoms with Gasteiger partial charge in [-0.15, -0.1) is 0 Å². The Bertz CT molecular complexity index is 307. The Balaban J connectivity index is 2.64. The zero-order valence-corrected chi connectivity index (χ0v) is 11.5. The topological polar surface area (TPSA) is 51.2 Å². The van der Waals surface area contributed by atoms with Crippen LogP contribution in [0.5, 0.6) is 0 Å². The lowest BCUT2D eigenvalue weighted by molar-refractivity contribution is -0.143. The van der Waals surface area contributed by atoms with Gasteiger partial charge in [0.1, 0.15) is 5.92 Å². The number of carbonyl (C=O) groups is 3. The van der Waals surface area contributed by atoms with Gasteiger partial charge < -0.3 is 0 Å². The highest BCUT2D eigenvalue weighted by Gasteiger charge is 2.39. The maximum Gasteiger partial charge on any atom is 0.151 e. The van der Waals surface area contributed by atoms with E-state index in [9.17, 15) is 14.4 Å². The number of rotatable bonds is 5. The molecule has 96 valence electrons. The Hall–Kier alpha value is -0.640. The van der Waals surface area contributed by atoms with Gasteiger partial charge in [0.25, 0.3) is 0 Å². The minimum atomic E-state index is -0.944. The molecule has 0 bridgehead atoms. The predicted molar refractivity (Wildman–Crippen MR) is 69.1 cm³/mol. The van der Waals surface area contributed by atoms with Crippen molar-refractivity contribution in [3.8, 4) is 0 Å². The Kier molecular flexibility index (Phi) is 5.37. The molecule has 1 atom stereocenters. The maximum atomic E-state index is 11.8. The summed E-state index contributed by atoms with van der Waals surface area (Å²) in [6, 6.07) is 0. The van der Waals surface area contributed by atoms with Gasteiger partial charge in [0.2, 0.25) is 0 Å². The van der Waals surface area contributed by atoms with E-state index in [4.69, 9.17) is 0 Å². The van der Waals surface area contributed by atoms with Crippen LogP contribution in [-0.4, -0.2) is 28.9 Å². The first kappa shape index (κ1) is 14.4. The van der Waals surface area contributed by atoms with Gasteiger partial charge in [0, 0.05) is 24.5 Å². The lowest BCUT2D eigenvalue weighted by atomic mass is 9.76. The normalized spacial score (nSPS) is 27.0. The summed E-state index contributed by atoms with van der Waals surface area (Å²) in [5, 5.41) is 0.457. The standard InChI is InChI=1S/C13H20O3S/c1-4-10(14)13-11(15)6-9(7-12(13)16)5-8(2)17-3/h8-9,13H,4-7H2,1-3H3. The molecule has 0 N–H and O–H groups in total. The third-order valence-corrected chi connectivity index (χ3v) is 4.36. The third-order valence-electron chi connectivity index (χ3n) is 3.36. The summed E-state index contributed by atoms with van der Waals surface area (Å²) in [5.41, 5.74) is 0. The molecule has 1 aliphatic rings. The first-order valence-electron chi connectivity index (χ1n) is 6.10. The second kappa shape index (κ2) is 6.34. The second-order valence-corrected chi connectivity index (χ2v) is 6.02. The molecule has 1 saturated carbocycles. The molecule has 0 heterocycles. The fraction of sp³-hybridized carbons (Fsp3) is 0.769. The van der Waals surface area contributed by atoms with Crippen LogP contribution in [0.25, 0.3) is 0 Å². The zero-order valence-electron chi connectivity index (χ0n) is 10.7. The van der Waals surface area contributed by atoms with Crippen LogP contribution < -0.4 is 0 Å². The van der Waals surface area contributed by atoms with Crippen LogP contribution in [0.1, 0.15) is 39.5 Å². The van der Waals surface area contributed by atoms with Gasteiger partial charge in [-0.05, 0) is 18.6 Å². The molecule has 0 aromatic heterocycles. The van der Waals surface area contributed by atoms with Crippen molar-refractivity contribution in [1.29, 1.82) is 0 Å². The van der Waals surface area contributed by atoms with Crippen molar-refractivity contribution in [3.63, 3.8) is 0 Å². The summed E-state index contributed by atoms with van der Waals surface area (Å²) in [7, 11) is 0. The SMILES string of the molecule is CCC(=O)C1C(=O)CC(CC(C)SC)CC1=O. The summed E-state index contributed by atoms with van der Waals surface area (Å²) in [6.07, 6.45) is 3.97. The number of carbonyl (C=O) groups excluding carboxylic acids is 3. The summed E-state index contributed by atoms with van der Waals surface area (Å²) in [4.78, 5) is 35.2. The smallest absolute Gasteiger partial charge is 0.151 e. The molecule has 0 radical (unpaired) electrons. The van der Waals surface area contributed by atoms with Crippen molar-refractivity contribution in [1.82, 2.24) is 0 Å². The molecular weight excluding hydrogens is 236 g/mol. The summed E-state index contributed by atoms with van der Waals surface area (Å²) in [5.74, 6) is -1.34. The second-order valence-electron chi connectivity index (χ2n) is 4.74. The summed E-state index contributed by atoms with van der Waals surface area (Å²) in [6.45, 7) is 3.80. The van der Waals surface area contributed by atoms with Crippen molar-refractivity contribution in [3.05, 3.63) is 0 Å². The molecule has 0 spiro atoms. The Morgan fingerprint density at radius 1 is 1.35 bits per heavy atom. The van der Waals surface area contributed by atoms with Gasteiger partial charge >= 0.3 is 0 Å². The third kappa shape index (κ3) is 3.66. The molecule has 1 rings (SSSR count). The molecule has 17 heavy (non-hydrogen) atoms. The van der Waals surface area contributed by atoms with Gasteiger partial charge in [-0.2, -0.15) is 11.8 Å². The molecule has 3 nitrogen and oxygen atoms in total. The van der Waals surface area contributed by atoms with Gasteiger partial charge in [-0.25, -0.2) is 0 Å². The van der Waals surface area contributed by atoms with E-state index < -0.39 is 5.92 Å². The Morgan fingerprint density at radius 3 is 2.29 bits per heavy atom. The van der Waals surface area contributed by atoms with Crippen LogP contribution in [0.3, 0.4) is 0 Å². The Labute approximate surface area is 107 Å². The number of thioether (sulfide) groups is 1. The van der Waals surface area contributed by atoms with E-state index in [1.165, 1.54) is 0 Å². The number of ketones is 3. The fourth-order valence-corrected chi connectivity index (χ4v) is 2.82. The summed E-state index contributed by atoms with van der Waals surface area (Å²) < 4.78 is 0. The van der Waals surface area contributed by atoms with Crippen molar-refractivity contribution in [2.45, 2.75) is 44.8 Å². The fourth-order valence-electron chi connectivity index (χ4n) is 2.35. The number of hydrogen-bond donors (Lipinski definition) is 0. The Morgan fingerprint density at radius 2 is 1.88 bits per heavy atom. The average molecular weight is 256 g/mol. The highest BCUT2D eigenvalue weighted by molar-refractivity contribution is 7.99. The van der Waals surface area contributed by atoms with Crippen LogP contribution >= 0.6 is 11.8 Å². The number of Topliss-reactive ketones (excluding diaryl/α,β-unsaturated/α-hetero) is 3. The molecule has 4 heteroatoms. The lowest BCUT2D eigenvalue weighted by Gasteiger charge is -2.26. The highest BCUT2D eigenvalue weighted by Crippen LogP contribution is 2.30. The number of hydrogen-bond acceptors (Lipinski definition) is 4. The van der Waals surface area contributed by atoms with Crippen LogP contribution in [0.2, 0.25) is 0 Å². The molecule has 0 aliphatic heterocycles. The summed E-state index contributed by atoms with van der Waals surface area (Å²) >= 11 is 1.74. The molecule has 0 amide bonds. The van der Waals surface area contributed by atoms with Crippen LogP contribution in [0.15, 0.2) is 0 Å². The van der Waals surface area contributed by atoms with E-state index in [0.29, 0.717) is 18.1 Å². The van der Waals surface area contributed by atoms with Gasteiger partial charge in [0.15, 0.2) is 17.3 Å². The van der Waals surface area contributed by atoms with Gasteiger partial charge in [-0.1, -0.05) is 13.8 Å². The molecule has 0 saturated heterocycles. The minimum Gasteiger partial charge on any atom is -0.298 e. The van der Waals surface area contributed by atoms with Gasteiger partial charge in [0.05, 0.1) is 0 Å². The molecule has 0 aromatic rings. The van der Waals surface area contributed by atoms with Crippen LogP contribution in [0, 0.1) is 11.8 Å². The lowest BCUT2D eigenvalue weighted by Crippen LogP contribution is -2.39. The maximum absolute atomic E-state index is 11.8. The van der Waals surface area contributed by atoms with Crippen LogP contribution in [0.4, 0.5) is 0 Å². The molecule has 1 fully saturated rings. The van der Waals surface area contributed by atoms with Crippen LogP contribution in [-0.2, 0) is 14.4 Å². The molecule has 1 unspecified atom stereocenters. The average Bonchev–Trinajstić information content (AvgIpc) is 2.27. The highest BCUT2D eigenvalue weighted by atomic mass is 32.2. The van der Waals surface area contributed by atoms with E-state index in [2.05, 4.69) is 6.92 Å². The van der Waals surface area contributed by atoms with Gasteiger partial charge in [-0.3, -0.25) is 14.4 Å². The largest absolute Gasteiger partial charge is 0.298 e. The quantitative estimate of drug-likeness (QED) is 0.708. The minimum absolute atomic E-state index is 0.137. The van der Waals surface area contributed by atoms with Crippen molar-refractivity contribution in [2.24, 2.45) is 11.8 Å². The zero-order chi connectivity index (χ0) is 13.0. The first-order valence-corrected chi connectivity index (χ1v) is 7.39. The van der Waals surface area contributed by atoms with Crippen molar-refractivity contribution in [2.75, 3.05) is 6.26 Å². The van der Waals surface area contributed by atoms with E-state index in [1.807, 2.05) is 6.26 Å². The molecular formula is C13H20O3S. The molecule has 0 aromatic carbocycles. The van der Waals surface area contributed by atoms with E-state index in [0.717, 1.165) is 6.42 Å². The predicted octanol–water partition coefficient (Wildman–Crippen LogP) is 2.27. The van der Waals surface area contributed by atoms with Crippen molar-refractivity contribution < 1.29 is 14.4 Å². The van der Waals surface area contributed by atoms with E-state index >= 15 is 0 Å². The van der Waals surface area contributed by atoms with Crippen molar-refractivity contribution >= 4 is 29.1 Å². The molecule has 1 aliphatic carbocycles. The van der Waals surface area contributed by atoms with E-state index in [-0.39, 0.29) is 29.7 Å². The first-order chi connectivity index (χ1) is 7.99.